The van der Waals surface area contributed by atoms with Gasteiger partial charge >= 0.3 is 12.1 Å². The van der Waals surface area contributed by atoms with Gasteiger partial charge in [0.05, 0.1) is 24.0 Å². The predicted molar refractivity (Wildman–Crippen MR) is 81.4 cm³/mol. The van der Waals surface area contributed by atoms with E-state index in [2.05, 4.69) is 20.6 Å². The van der Waals surface area contributed by atoms with Crippen molar-refractivity contribution >= 4 is 16.8 Å². The van der Waals surface area contributed by atoms with Crippen molar-refractivity contribution in [3.63, 3.8) is 0 Å². The van der Waals surface area contributed by atoms with Gasteiger partial charge in [-0.05, 0) is 32.9 Å². The molecule has 0 radical (unpaired) electrons. The molecule has 0 saturated carbocycles. The number of alkyl halides is 3. The minimum Gasteiger partial charge on any atom is -0.433 e. The standard InChI is InChI=1S/C15H16F3N5O/c1-14(2,3)23-8-9(21-22-23)7-19-10-5-4-6-11-12(10)20-13(24-11)15(16,17)18/h4-6,8,19H,7H2,1-3H3. The molecule has 128 valence electrons. The fraction of sp³-hybridized carbons (Fsp3) is 0.400. The first-order valence-corrected chi connectivity index (χ1v) is 7.27. The van der Waals surface area contributed by atoms with E-state index in [1.165, 1.54) is 6.07 Å². The van der Waals surface area contributed by atoms with Crippen LogP contribution in [0.5, 0.6) is 0 Å². The number of nitrogens with zero attached hydrogens (tertiary/aromatic N) is 4. The predicted octanol–water partition coefficient (Wildman–Crippen LogP) is 3.81. The fourth-order valence-corrected chi connectivity index (χ4v) is 2.11. The van der Waals surface area contributed by atoms with Gasteiger partial charge in [0.25, 0.3) is 0 Å². The summed E-state index contributed by atoms with van der Waals surface area (Å²) in [4.78, 5) is 3.55. The SMILES string of the molecule is CC(C)(C)n1cc(CNc2cccc3oc(C(F)(F)F)nc23)nn1. The summed E-state index contributed by atoms with van der Waals surface area (Å²) < 4.78 is 44.7. The summed E-state index contributed by atoms with van der Waals surface area (Å²) >= 11 is 0. The number of para-hydroxylation sites is 1. The second-order valence-electron chi connectivity index (χ2n) is 6.35. The van der Waals surface area contributed by atoms with Gasteiger partial charge in [-0.2, -0.15) is 13.2 Å². The highest BCUT2D eigenvalue weighted by atomic mass is 19.4. The normalized spacial score (nSPS) is 12.8. The van der Waals surface area contributed by atoms with Gasteiger partial charge in [0.2, 0.25) is 0 Å². The topological polar surface area (TPSA) is 68.8 Å². The number of oxazole rings is 1. The number of benzene rings is 1. The Morgan fingerprint density at radius 3 is 2.58 bits per heavy atom. The van der Waals surface area contributed by atoms with Crippen LogP contribution in [0.1, 0.15) is 32.4 Å². The average molecular weight is 339 g/mol. The van der Waals surface area contributed by atoms with Crippen molar-refractivity contribution in [3.8, 4) is 0 Å². The van der Waals surface area contributed by atoms with Crippen LogP contribution < -0.4 is 5.32 Å². The molecule has 0 saturated heterocycles. The number of hydrogen-bond acceptors (Lipinski definition) is 5. The van der Waals surface area contributed by atoms with Gasteiger partial charge in [0.15, 0.2) is 5.58 Å². The molecular weight excluding hydrogens is 323 g/mol. The molecule has 0 spiro atoms. The summed E-state index contributed by atoms with van der Waals surface area (Å²) in [5.41, 5.74) is 1.12. The van der Waals surface area contributed by atoms with Gasteiger partial charge in [-0.3, -0.25) is 0 Å². The molecule has 6 nitrogen and oxygen atoms in total. The molecule has 1 aromatic carbocycles. The van der Waals surface area contributed by atoms with E-state index in [1.54, 1.807) is 23.0 Å². The molecule has 0 aliphatic rings. The highest BCUT2D eigenvalue weighted by Gasteiger charge is 2.37. The van der Waals surface area contributed by atoms with Crippen LogP contribution in [0.3, 0.4) is 0 Å². The van der Waals surface area contributed by atoms with Crippen molar-refractivity contribution < 1.29 is 17.6 Å². The van der Waals surface area contributed by atoms with Crippen molar-refractivity contribution in [3.05, 3.63) is 36.0 Å². The van der Waals surface area contributed by atoms with E-state index >= 15 is 0 Å². The molecule has 3 aromatic rings. The Balaban J connectivity index is 1.83. The number of aromatic nitrogens is 4. The van der Waals surface area contributed by atoms with Crippen LogP contribution in [0.4, 0.5) is 18.9 Å². The third-order valence-electron chi connectivity index (χ3n) is 3.35. The van der Waals surface area contributed by atoms with Gasteiger partial charge < -0.3 is 9.73 Å². The Labute approximate surface area is 135 Å². The van der Waals surface area contributed by atoms with Gasteiger partial charge in [-0.25, -0.2) is 9.67 Å². The lowest BCUT2D eigenvalue weighted by atomic mass is 10.1. The molecule has 2 heterocycles. The van der Waals surface area contributed by atoms with Crippen LogP contribution in [-0.2, 0) is 18.3 Å². The first kappa shape index (κ1) is 16.3. The van der Waals surface area contributed by atoms with Crippen molar-refractivity contribution in [2.75, 3.05) is 5.32 Å². The molecule has 0 aliphatic heterocycles. The third-order valence-corrected chi connectivity index (χ3v) is 3.35. The second kappa shape index (κ2) is 5.50. The molecule has 0 aliphatic carbocycles. The monoisotopic (exact) mass is 339 g/mol. The molecule has 24 heavy (non-hydrogen) atoms. The Kier molecular flexibility index (Phi) is 3.73. The molecule has 0 amide bonds. The molecule has 0 bridgehead atoms. The maximum Gasteiger partial charge on any atom is 0.468 e. The molecular formula is C15H16F3N5O. The summed E-state index contributed by atoms with van der Waals surface area (Å²) in [6, 6.07) is 4.68. The number of hydrogen-bond donors (Lipinski definition) is 1. The van der Waals surface area contributed by atoms with Gasteiger partial charge in [0, 0.05) is 0 Å². The summed E-state index contributed by atoms with van der Waals surface area (Å²) in [5, 5.41) is 11.1. The minimum absolute atomic E-state index is 0.0747. The first-order valence-electron chi connectivity index (χ1n) is 7.27. The first-order chi connectivity index (χ1) is 11.1. The van der Waals surface area contributed by atoms with Crippen LogP contribution >= 0.6 is 0 Å². The highest BCUT2D eigenvalue weighted by Crippen LogP contribution is 2.33. The fourth-order valence-electron chi connectivity index (χ4n) is 2.11. The zero-order valence-electron chi connectivity index (χ0n) is 13.3. The summed E-state index contributed by atoms with van der Waals surface area (Å²) in [6.45, 7) is 6.29. The van der Waals surface area contributed by atoms with E-state index in [9.17, 15) is 13.2 Å². The Morgan fingerprint density at radius 2 is 1.96 bits per heavy atom. The van der Waals surface area contributed by atoms with Crippen molar-refractivity contribution in [2.24, 2.45) is 0 Å². The molecule has 0 fully saturated rings. The maximum atomic E-state index is 12.7. The zero-order valence-corrected chi connectivity index (χ0v) is 13.3. The van der Waals surface area contributed by atoms with Gasteiger partial charge in [-0.15, -0.1) is 5.10 Å². The van der Waals surface area contributed by atoms with Gasteiger partial charge in [-0.1, -0.05) is 11.3 Å². The largest absolute Gasteiger partial charge is 0.468 e. The lowest BCUT2D eigenvalue weighted by molar-refractivity contribution is -0.156. The molecule has 0 unspecified atom stereocenters. The van der Waals surface area contributed by atoms with Crippen LogP contribution in [-0.4, -0.2) is 20.0 Å². The maximum absolute atomic E-state index is 12.7. The number of nitrogens with one attached hydrogen (secondary N) is 1. The molecule has 2 aromatic heterocycles. The number of fused-ring (bicyclic) bond motifs is 1. The number of halogens is 3. The number of rotatable bonds is 3. The summed E-state index contributed by atoms with van der Waals surface area (Å²) in [6.07, 6.45) is -2.83. The second-order valence-corrected chi connectivity index (χ2v) is 6.35. The Morgan fingerprint density at radius 1 is 1.21 bits per heavy atom. The Bertz CT molecular complexity index is 860. The van der Waals surface area contributed by atoms with Crippen LogP contribution in [0.15, 0.2) is 28.8 Å². The summed E-state index contributed by atoms with van der Waals surface area (Å²) in [5.74, 6) is -1.26. The van der Waals surface area contributed by atoms with E-state index in [0.29, 0.717) is 17.9 Å². The van der Waals surface area contributed by atoms with E-state index in [4.69, 9.17) is 4.42 Å². The number of anilines is 1. The molecule has 0 atom stereocenters. The van der Waals surface area contributed by atoms with Crippen LogP contribution in [0, 0.1) is 0 Å². The quantitative estimate of drug-likeness (QED) is 0.786. The lowest BCUT2D eigenvalue weighted by Crippen LogP contribution is -2.22. The lowest BCUT2D eigenvalue weighted by Gasteiger charge is -2.17. The van der Waals surface area contributed by atoms with Crippen molar-refractivity contribution in [1.82, 2.24) is 20.0 Å². The molecule has 1 N–H and O–H groups in total. The highest BCUT2D eigenvalue weighted by molar-refractivity contribution is 5.86. The third kappa shape index (κ3) is 3.19. The zero-order chi connectivity index (χ0) is 17.5. The van der Waals surface area contributed by atoms with E-state index in [1.807, 2.05) is 20.8 Å². The minimum atomic E-state index is -4.62. The van der Waals surface area contributed by atoms with Crippen LogP contribution in [0.2, 0.25) is 0 Å². The molecule has 9 heteroatoms. The molecule has 3 rings (SSSR count). The van der Waals surface area contributed by atoms with Crippen molar-refractivity contribution in [2.45, 2.75) is 39.0 Å². The van der Waals surface area contributed by atoms with E-state index < -0.39 is 12.1 Å². The summed E-state index contributed by atoms with van der Waals surface area (Å²) in [7, 11) is 0. The Hall–Kier alpha value is -2.58. The van der Waals surface area contributed by atoms with E-state index in [-0.39, 0.29) is 16.6 Å². The smallest absolute Gasteiger partial charge is 0.433 e. The van der Waals surface area contributed by atoms with E-state index in [0.717, 1.165) is 0 Å². The van der Waals surface area contributed by atoms with Crippen molar-refractivity contribution in [1.29, 1.82) is 0 Å². The van der Waals surface area contributed by atoms with Crippen LogP contribution in [0.25, 0.3) is 11.1 Å². The average Bonchev–Trinajstić information content (AvgIpc) is 3.10. The van der Waals surface area contributed by atoms with Gasteiger partial charge in [0.1, 0.15) is 11.2 Å².